The summed E-state index contributed by atoms with van der Waals surface area (Å²) in [7, 11) is 0. The first-order valence-electron chi connectivity index (χ1n) is 9.89. The fraction of sp³-hybridized carbons (Fsp3) is 0.667. The zero-order valence-electron chi connectivity index (χ0n) is 16.5. The van der Waals surface area contributed by atoms with E-state index in [0.29, 0.717) is 13.2 Å². The van der Waals surface area contributed by atoms with Gasteiger partial charge in [0.15, 0.2) is 0 Å². The maximum absolute atomic E-state index is 13.1. The number of ether oxygens (including phenoxy) is 2. The number of hydrogen-bond acceptors (Lipinski definition) is 4. The summed E-state index contributed by atoms with van der Waals surface area (Å²) >= 11 is 0. The molecule has 2 fully saturated rings. The first-order valence-corrected chi connectivity index (χ1v) is 9.89. The van der Waals surface area contributed by atoms with Gasteiger partial charge in [0.05, 0.1) is 6.61 Å². The van der Waals surface area contributed by atoms with Crippen LogP contribution in [0.15, 0.2) is 24.3 Å². The highest BCUT2D eigenvalue weighted by Crippen LogP contribution is 2.31. The van der Waals surface area contributed by atoms with Gasteiger partial charge in [0.1, 0.15) is 11.4 Å². The summed E-state index contributed by atoms with van der Waals surface area (Å²) in [6, 6.07) is 6.97. The lowest BCUT2D eigenvalue weighted by Gasteiger charge is -2.40. The summed E-state index contributed by atoms with van der Waals surface area (Å²) in [6.07, 6.45) is 2.64. The highest BCUT2D eigenvalue weighted by atomic mass is 19.1. The first kappa shape index (κ1) is 20.1. The highest BCUT2D eigenvalue weighted by molar-refractivity contribution is 5.69. The number of benzene rings is 1. The van der Waals surface area contributed by atoms with Crippen LogP contribution in [0.25, 0.3) is 0 Å². The molecule has 1 amide bonds. The second kappa shape index (κ2) is 8.57. The van der Waals surface area contributed by atoms with Gasteiger partial charge in [-0.2, -0.15) is 0 Å². The van der Waals surface area contributed by atoms with Gasteiger partial charge in [-0.3, -0.25) is 0 Å². The van der Waals surface area contributed by atoms with E-state index in [0.717, 1.165) is 38.0 Å². The van der Waals surface area contributed by atoms with Gasteiger partial charge in [0, 0.05) is 37.7 Å². The van der Waals surface area contributed by atoms with Crippen molar-refractivity contribution in [3.8, 4) is 0 Å². The number of likely N-dealkylation sites (tertiary alicyclic amines) is 1. The van der Waals surface area contributed by atoms with Crippen molar-refractivity contribution in [2.75, 3.05) is 19.8 Å². The van der Waals surface area contributed by atoms with Crippen LogP contribution in [0.2, 0.25) is 0 Å². The van der Waals surface area contributed by atoms with Gasteiger partial charge >= 0.3 is 6.09 Å². The highest BCUT2D eigenvalue weighted by Gasteiger charge is 2.41. The van der Waals surface area contributed by atoms with Gasteiger partial charge in [-0.05, 0) is 57.7 Å². The Balaban J connectivity index is 1.64. The molecule has 2 heterocycles. The topological polar surface area (TPSA) is 50.8 Å². The minimum atomic E-state index is -0.493. The SMILES string of the molecule is CC(C)(C)OC(=O)N1CCC[C@@H]1[C@H]1COCC[C@@H]1NCc1ccc(F)cc1. The molecular formula is C21H31FN2O3. The maximum Gasteiger partial charge on any atom is 0.410 e. The molecule has 0 aromatic heterocycles. The third-order valence-electron chi connectivity index (χ3n) is 5.30. The van der Waals surface area contributed by atoms with E-state index in [1.807, 2.05) is 25.7 Å². The Bertz CT molecular complexity index is 629. The second-order valence-electron chi connectivity index (χ2n) is 8.52. The predicted molar refractivity (Wildman–Crippen MR) is 102 cm³/mol. The van der Waals surface area contributed by atoms with Crippen molar-refractivity contribution in [2.24, 2.45) is 5.92 Å². The van der Waals surface area contributed by atoms with Crippen LogP contribution in [0.3, 0.4) is 0 Å². The summed E-state index contributed by atoms with van der Waals surface area (Å²) in [6.45, 7) is 8.47. The lowest BCUT2D eigenvalue weighted by Crippen LogP contribution is -2.53. The number of halogens is 1. The Morgan fingerprint density at radius 3 is 2.74 bits per heavy atom. The number of nitrogens with one attached hydrogen (secondary N) is 1. The minimum Gasteiger partial charge on any atom is -0.444 e. The lowest BCUT2D eigenvalue weighted by molar-refractivity contribution is -0.0168. The Morgan fingerprint density at radius 2 is 2.04 bits per heavy atom. The number of carbonyl (C=O) groups excluding carboxylic acids is 1. The molecular weight excluding hydrogens is 347 g/mol. The van der Waals surface area contributed by atoms with Crippen molar-refractivity contribution >= 4 is 6.09 Å². The smallest absolute Gasteiger partial charge is 0.410 e. The van der Waals surface area contributed by atoms with Crippen molar-refractivity contribution in [2.45, 2.75) is 64.3 Å². The quantitative estimate of drug-likeness (QED) is 0.868. The fourth-order valence-electron chi connectivity index (χ4n) is 4.03. The number of rotatable bonds is 4. The predicted octanol–water partition coefficient (Wildman–Crippen LogP) is 3.72. The molecule has 2 aliphatic rings. The van der Waals surface area contributed by atoms with Crippen molar-refractivity contribution in [3.63, 3.8) is 0 Å². The van der Waals surface area contributed by atoms with Crippen molar-refractivity contribution in [1.29, 1.82) is 0 Å². The molecule has 2 saturated heterocycles. The molecule has 3 rings (SSSR count). The number of carbonyl (C=O) groups is 1. The summed E-state index contributed by atoms with van der Waals surface area (Å²) in [5, 5.41) is 3.61. The largest absolute Gasteiger partial charge is 0.444 e. The van der Waals surface area contributed by atoms with Crippen LogP contribution in [-0.4, -0.2) is 48.4 Å². The van der Waals surface area contributed by atoms with Crippen molar-refractivity contribution < 1.29 is 18.7 Å². The zero-order valence-corrected chi connectivity index (χ0v) is 16.5. The Morgan fingerprint density at radius 1 is 1.30 bits per heavy atom. The van der Waals surface area contributed by atoms with E-state index in [1.54, 1.807) is 12.1 Å². The summed E-state index contributed by atoms with van der Waals surface area (Å²) < 4.78 is 24.5. The molecule has 27 heavy (non-hydrogen) atoms. The molecule has 2 aliphatic heterocycles. The molecule has 1 N–H and O–H groups in total. The molecule has 0 saturated carbocycles. The molecule has 6 heteroatoms. The summed E-state index contributed by atoms with van der Waals surface area (Å²) in [5.74, 6) is 0.0101. The number of nitrogens with zero attached hydrogens (tertiary/aromatic N) is 1. The van der Waals surface area contributed by atoms with Gasteiger partial charge in [-0.1, -0.05) is 12.1 Å². The average molecular weight is 378 g/mol. The third-order valence-corrected chi connectivity index (χ3v) is 5.30. The van der Waals surface area contributed by atoms with Gasteiger partial charge < -0.3 is 19.7 Å². The Labute approximate surface area is 161 Å². The molecule has 0 unspecified atom stereocenters. The average Bonchev–Trinajstić information content (AvgIpc) is 3.10. The van der Waals surface area contributed by atoms with Crippen LogP contribution in [-0.2, 0) is 16.0 Å². The van der Waals surface area contributed by atoms with E-state index < -0.39 is 5.60 Å². The molecule has 0 spiro atoms. The molecule has 0 bridgehead atoms. The Hall–Kier alpha value is -1.66. The van der Waals surface area contributed by atoms with Crippen LogP contribution in [0.5, 0.6) is 0 Å². The molecule has 0 aliphatic carbocycles. The van der Waals surface area contributed by atoms with E-state index in [9.17, 15) is 9.18 Å². The lowest BCUT2D eigenvalue weighted by atomic mass is 9.87. The van der Waals surface area contributed by atoms with E-state index in [4.69, 9.17) is 9.47 Å². The van der Waals surface area contributed by atoms with Crippen molar-refractivity contribution in [3.05, 3.63) is 35.6 Å². The van der Waals surface area contributed by atoms with Crippen LogP contribution in [0.4, 0.5) is 9.18 Å². The van der Waals surface area contributed by atoms with Crippen LogP contribution in [0, 0.1) is 11.7 Å². The second-order valence-corrected chi connectivity index (χ2v) is 8.52. The standard InChI is InChI=1S/C21H31FN2O3/c1-21(2,3)27-20(25)24-11-4-5-19(24)17-14-26-12-10-18(17)23-13-15-6-8-16(22)9-7-15/h6-9,17-19,23H,4-5,10-14H2,1-3H3/t17-,18-,19+/m0/s1. The van der Waals surface area contributed by atoms with Gasteiger partial charge in [0.2, 0.25) is 0 Å². The molecule has 5 nitrogen and oxygen atoms in total. The molecule has 1 aromatic carbocycles. The zero-order chi connectivity index (χ0) is 19.4. The monoisotopic (exact) mass is 378 g/mol. The fourth-order valence-corrected chi connectivity index (χ4v) is 4.03. The third kappa shape index (κ3) is 5.42. The van der Waals surface area contributed by atoms with Crippen LogP contribution < -0.4 is 5.32 Å². The van der Waals surface area contributed by atoms with Gasteiger partial charge in [0.25, 0.3) is 0 Å². The summed E-state index contributed by atoms with van der Waals surface area (Å²) in [5.41, 5.74) is 0.560. The summed E-state index contributed by atoms with van der Waals surface area (Å²) in [4.78, 5) is 14.5. The van der Waals surface area contributed by atoms with E-state index >= 15 is 0 Å². The normalized spacial score (nSPS) is 26.2. The van der Waals surface area contributed by atoms with Crippen LogP contribution in [0.1, 0.15) is 45.6 Å². The number of hydrogen-bond donors (Lipinski definition) is 1. The first-order chi connectivity index (χ1) is 12.8. The number of amides is 1. The van der Waals surface area contributed by atoms with Crippen LogP contribution >= 0.6 is 0 Å². The van der Waals surface area contributed by atoms with Gasteiger partial charge in [-0.15, -0.1) is 0 Å². The van der Waals surface area contributed by atoms with E-state index in [-0.39, 0.29) is 29.9 Å². The molecule has 1 aromatic rings. The maximum atomic E-state index is 13.1. The van der Waals surface area contributed by atoms with E-state index in [1.165, 1.54) is 12.1 Å². The van der Waals surface area contributed by atoms with Gasteiger partial charge in [-0.25, -0.2) is 9.18 Å². The molecule has 0 radical (unpaired) electrons. The minimum absolute atomic E-state index is 0.130. The Kier molecular flexibility index (Phi) is 6.37. The van der Waals surface area contributed by atoms with Crippen molar-refractivity contribution in [1.82, 2.24) is 10.2 Å². The molecule has 3 atom stereocenters. The van der Waals surface area contributed by atoms with E-state index in [2.05, 4.69) is 5.32 Å². The molecule has 150 valence electrons.